The molecule has 0 spiro atoms. The van der Waals surface area contributed by atoms with E-state index in [0.29, 0.717) is 19.5 Å². The van der Waals surface area contributed by atoms with Gasteiger partial charge in [0.1, 0.15) is 0 Å². The zero-order valence-corrected chi connectivity index (χ0v) is 17.1. The van der Waals surface area contributed by atoms with Crippen molar-refractivity contribution in [1.82, 2.24) is 9.80 Å². The summed E-state index contributed by atoms with van der Waals surface area (Å²) >= 11 is 0. The Kier molecular flexibility index (Phi) is 6.55. The first-order valence-corrected chi connectivity index (χ1v) is 11.5. The third-order valence-electron chi connectivity index (χ3n) is 5.50. The molecule has 0 aliphatic carbocycles. The van der Waals surface area contributed by atoms with Crippen LogP contribution < -0.4 is 0 Å². The van der Waals surface area contributed by atoms with Crippen LogP contribution in [0.1, 0.15) is 30.4 Å². The number of carbonyl (C=O) groups is 1. The van der Waals surface area contributed by atoms with Crippen LogP contribution in [0.4, 0.5) is 0 Å². The highest BCUT2D eigenvalue weighted by Crippen LogP contribution is 2.22. The van der Waals surface area contributed by atoms with Crippen molar-refractivity contribution >= 4 is 15.7 Å². The molecule has 3 rings (SSSR count). The summed E-state index contributed by atoms with van der Waals surface area (Å²) in [5.41, 5.74) is 2.40. The largest absolute Gasteiger partial charge is 0.376 e. The van der Waals surface area contributed by atoms with Gasteiger partial charge in [-0.3, -0.25) is 9.69 Å². The standard InChI is InChI=1S/C20H30N2O4S/c1-16-6-3-4-7-17(16)12-21(2)14-20(23)22(13-19-8-5-10-26-19)18-9-11-27(24,25)15-18/h3-4,6-7,18-19H,5,8-15H2,1-2H3. The van der Waals surface area contributed by atoms with Crippen molar-refractivity contribution in [3.8, 4) is 0 Å². The molecule has 1 amide bonds. The third-order valence-corrected chi connectivity index (χ3v) is 7.25. The zero-order chi connectivity index (χ0) is 19.4. The lowest BCUT2D eigenvalue weighted by molar-refractivity contribution is -0.135. The van der Waals surface area contributed by atoms with E-state index in [1.165, 1.54) is 11.1 Å². The Balaban J connectivity index is 1.65. The molecule has 2 unspecified atom stereocenters. The van der Waals surface area contributed by atoms with Crippen molar-refractivity contribution in [3.05, 3.63) is 35.4 Å². The number of carbonyl (C=O) groups excluding carboxylic acids is 1. The minimum absolute atomic E-state index is 0.0105. The lowest BCUT2D eigenvalue weighted by Gasteiger charge is -2.32. The zero-order valence-electron chi connectivity index (χ0n) is 16.3. The number of hydrogen-bond donors (Lipinski definition) is 0. The van der Waals surface area contributed by atoms with Crippen molar-refractivity contribution in [2.45, 2.75) is 44.9 Å². The maximum absolute atomic E-state index is 13.0. The van der Waals surface area contributed by atoms with E-state index in [9.17, 15) is 13.2 Å². The van der Waals surface area contributed by atoms with Crippen LogP contribution in [0.2, 0.25) is 0 Å². The Morgan fingerprint density at radius 3 is 2.67 bits per heavy atom. The molecule has 150 valence electrons. The van der Waals surface area contributed by atoms with Crippen LogP contribution in [0.3, 0.4) is 0 Å². The molecule has 0 saturated carbocycles. The lowest BCUT2D eigenvalue weighted by Crippen LogP contribution is -2.48. The van der Waals surface area contributed by atoms with E-state index in [2.05, 4.69) is 19.1 Å². The Morgan fingerprint density at radius 2 is 2.04 bits per heavy atom. The van der Waals surface area contributed by atoms with Crippen LogP contribution in [0.5, 0.6) is 0 Å². The summed E-state index contributed by atoms with van der Waals surface area (Å²) in [5, 5.41) is 0. The highest BCUT2D eigenvalue weighted by Gasteiger charge is 2.36. The Bertz CT molecular complexity index is 759. The minimum Gasteiger partial charge on any atom is -0.376 e. The van der Waals surface area contributed by atoms with E-state index in [1.54, 1.807) is 4.90 Å². The number of ether oxygens (including phenoxy) is 1. The van der Waals surface area contributed by atoms with Gasteiger partial charge in [-0.05, 0) is 44.4 Å². The molecular weight excluding hydrogens is 364 g/mol. The van der Waals surface area contributed by atoms with Crippen LogP contribution in [0.25, 0.3) is 0 Å². The Morgan fingerprint density at radius 1 is 1.26 bits per heavy atom. The molecular formula is C20H30N2O4S. The second kappa shape index (κ2) is 8.71. The van der Waals surface area contributed by atoms with E-state index in [0.717, 1.165) is 19.4 Å². The van der Waals surface area contributed by atoms with Crippen LogP contribution in [0, 0.1) is 6.92 Å². The van der Waals surface area contributed by atoms with Crippen molar-refractivity contribution < 1.29 is 17.9 Å². The van der Waals surface area contributed by atoms with Crippen molar-refractivity contribution in [2.24, 2.45) is 0 Å². The molecule has 2 fully saturated rings. The van der Waals surface area contributed by atoms with Gasteiger partial charge in [-0.1, -0.05) is 24.3 Å². The first-order chi connectivity index (χ1) is 12.8. The number of nitrogens with zero attached hydrogens (tertiary/aromatic N) is 2. The predicted molar refractivity (Wildman–Crippen MR) is 105 cm³/mol. The molecule has 0 radical (unpaired) electrons. The molecule has 6 nitrogen and oxygen atoms in total. The van der Waals surface area contributed by atoms with Gasteiger partial charge in [-0.2, -0.15) is 0 Å². The molecule has 27 heavy (non-hydrogen) atoms. The number of aryl methyl sites for hydroxylation is 1. The maximum atomic E-state index is 13.0. The lowest BCUT2D eigenvalue weighted by atomic mass is 10.1. The fourth-order valence-electron chi connectivity index (χ4n) is 3.94. The quantitative estimate of drug-likeness (QED) is 0.703. The van der Waals surface area contributed by atoms with E-state index in [-0.39, 0.29) is 36.1 Å². The monoisotopic (exact) mass is 394 g/mol. The molecule has 2 heterocycles. The predicted octanol–water partition coefficient (Wildman–Crippen LogP) is 1.62. The van der Waals surface area contributed by atoms with Crippen LogP contribution in [-0.2, 0) is 25.9 Å². The highest BCUT2D eigenvalue weighted by atomic mass is 32.2. The van der Waals surface area contributed by atoms with Crippen molar-refractivity contribution in [2.75, 3.05) is 38.2 Å². The van der Waals surface area contributed by atoms with Gasteiger partial charge in [0.2, 0.25) is 5.91 Å². The summed E-state index contributed by atoms with van der Waals surface area (Å²) in [7, 11) is -1.11. The van der Waals surface area contributed by atoms with Gasteiger partial charge in [0, 0.05) is 25.7 Å². The average molecular weight is 395 g/mol. The fourth-order valence-corrected chi connectivity index (χ4v) is 5.67. The summed E-state index contributed by atoms with van der Waals surface area (Å²) in [6.07, 6.45) is 2.49. The molecule has 0 bridgehead atoms. The number of amides is 1. The van der Waals surface area contributed by atoms with Gasteiger partial charge in [0.05, 0.1) is 24.2 Å². The molecule has 7 heteroatoms. The topological polar surface area (TPSA) is 66.9 Å². The number of likely N-dealkylation sites (N-methyl/N-ethyl adjacent to an activating group) is 1. The minimum atomic E-state index is -3.04. The van der Waals surface area contributed by atoms with Gasteiger partial charge < -0.3 is 9.64 Å². The number of sulfone groups is 1. The van der Waals surface area contributed by atoms with Gasteiger partial charge in [0.25, 0.3) is 0 Å². The third kappa shape index (κ3) is 5.53. The van der Waals surface area contributed by atoms with E-state index >= 15 is 0 Å². The van der Waals surface area contributed by atoms with Crippen molar-refractivity contribution in [1.29, 1.82) is 0 Å². The van der Waals surface area contributed by atoms with Gasteiger partial charge in [0.15, 0.2) is 9.84 Å². The van der Waals surface area contributed by atoms with Gasteiger partial charge in [-0.15, -0.1) is 0 Å². The number of rotatable bonds is 7. The molecule has 1 aromatic carbocycles. The Labute approximate surface area is 162 Å². The van der Waals surface area contributed by atoms with E-state index in [1.807, 2.05) is 24.1 Å². The smallest absolute Gasteiger partial charge is 0.237 e. The summed E-state index contributed by atoms with van der Waals surface area (Å²) in [5.74, 6) is 0.239. The molecule has 2 aliphatic heterocycles. The second-order valence-electron chi connectivity index (χ2n) is 7.84. The number of benzene rings is 1. The van der Waals surface area contributed by atoms with Crippen LogP contribution >= 0.6 is 0 Å². The van der Waals surface area contributed by atoms with E-state index < -0.39 is 9.84 Å². The van der Waals surface area contributed by atoms with E-state index in [4.69, 9.17) is 4.74 Å². The maximum Gasteiger partial charge on any atom is 0.237 e. The molecule has 0 N–H and O–H groups in total. The molecule has 0 aromatic heterocycles. The van der Waals surface area contributed by atoms with Gasteiger partial charge >= 0.3 is 0 Å². The second-order valence-corrected chi connectivity index (χ2v) is 10.1. The average Bonchev–Trinajstić information content (AvgIpc) is 3.23. The summed E-state index contributed by atoms with van der Waals surface area (Å²) < 4.78 is 29.6. The molecule has 2 saturated heterocycles. The molecule has 2 atom stereocenters. The Hall–Kier alpha value is -1.44. The molecule has 2 aliphatic rings. The van der Waals surface area contributed by atoms with Gasteiger partial charge in [-0.25, -0.2) is 8.42 Å². The van der Waals surface area contributed by atoms with Crippen LogP contribution in [0.15, 0.2) is 24.3 Å². The molecule has 1 aromatic rings. The summed E-state index contributed by atoms with van der Waals surface area (Å²) in [6, 6.07) is 7.93. The summed E-state index contributed by atoms with van der Waals surface area (Å²) in [6.45, 7) is 4.25. The first-order valence-electron chi connectivity index (χ1n) is 9.68. The summed E-state index contributed by atoms with van der Waals surface area (Å²) in [4.78, 5) is 16.8. The fraction of sp³-hybridized carbons (Fsp3) is 0.650. The number of hydrogen-bond acceptors (Lipinski definition) is 5. The van der Waals surface area contributed by atoms with Crippen molar-refractivity contribution in [3.63, 3.8) is 0 Å². The SMILES string of the molecule is Cc1ccccc1CN(C)CC(=O)N(CC1CCCO1)C1CCS(=O)(=O)C1. The van der Waals surface area contributed by atoms with Crippen LogP contribution in [-0.4, -0.2) is 74.5 Å². The normalized spacial score (nSPS) is 24.4. The highest BCUT2D eigenvalue weighted by molar-refractivity contribution is 7.91. The first kappa shape index (κ1) is 20.3.